The molecule has 0 saturated carbocycles. The zero-order valence-corrected chi connectivity index (χ0v) is 26.2. The quantitative estimate of drug-likeness (QED) is 0.101. The van der Waals surface area contributed by atoms with Gasteiger partial charge in [0.2, 0.25) is 0 Å². The van der Waals surface area contributed by atoms with Crippen LogP contribution in [-0.4, -0.2) is 16.1 Å². The molecule has 8 rings (SSSR count). The summed E-state index contributed by atoms with van der Waals surface area (Å²) >= 11 is 0. The summed E-state index contributed by atoms with van der Waals surface area (Å²) in [5, 5.41) is 5.03. The Morgan fingerprint density at radius 2 is 0.800 bits per heavy atom. The first kappa shape index (κ1) is 25.2. The Hall–Kier alpha value is -3.83. The number of benzene rings is 5. The number of rotatable bonds is 0. The van der Waals surface area contributed by atoms with E-state index in [4.69, 9.17) is 0 Å². The molecule has 0 saturated heterocycles. The van der Waals surface area contributed by atoms with Crippen LogP contribution in [0, 0.1) is 22.9 Å². The number of fused-ring (bicyclic) bond motifs is 2. The SMILES string of the molecule is C[Si](C)(C)C#Cc1c2c(c(C#C[Si](C)(C)C)c3cc4ccccc4cc13)C1c3ccccc3C2c2ccccc21. The van der Waals surface area contributed by atoms with Gasteiger partial charge in [0, 0.05) is 23.0 Å². The lowest BCUT2D eigenvalue weighted by Crippen LogP contribution is -2.29. The largest absolute Gasteiger partial charge is 0.129 e. The van der Waals surface area contributed by atoms with Crippen LogP contribution in [0.1, 0.15) is 56.3 Å². The summed E-state index contributed by atoms with van der Waals surface area (Å²) in [6.45, 7) is 14.1. The zero-order valence-electron chi connectivity index (χ0n) is 24.2. The lowest BCUT2D eigenvalue weighted by Gasteiger charge is -2.43. The molecule has 2 heteroatoms. The Labute approximate surface area is 240 Å². The molecule has 0 heterocycles. The zero-order chi connectivity index (χ0) is 27.8. The van der Waals surface area contributed by atoms with Crippen molar-refractivity contribution < 1.29 is 0 Å². The molecule has 0 atom stereocenters. The highest BCUT2D eigenvalue weighted by atomic mass is 28.3. The van der Waals surface area contributed by atoms with Gasteiger partial charge in [0.05, 0.1) is 0 Å². The summed E-state index contributed by atoms with van der Waals surface area (Å²) in [5.74, 6) is 8.01. The Kier molecular flexibility index (Phi) is 5.56. The van der Waals surface area contributed by atoms with Gasteiger partial charge < -0.3 is 0 Å². The standard InChI is InChI=1S/C38H34Si2/c1-39(2,3)21-19-31-33-23-25-13-7-8-14-26(25)24-34(33)32(20-22-40(4,5)6)38-36-29-17-11-9-15-27(29)35(37(31)38)28-16-10-12-18-30(28)36/h7-18,23-24,35-36H,1-6H3. The summed E-state index contributed by atoms with van der Waals surface area (Å²) in [5.41, 5.74) is 18.5. The third kappa shape index (κ3) is 3.98. The van der Waals surface area contributed by atoms with E-state index in [1.807, 2.05) is 0 Å². The van der Waals surface area contributed by atoms with Gasteiger partial charge in [-0.3, -0.25) is 0 Å². The fourth-order valence-electron chi connectivity index (χ4n) is 6.61. The maximum absolute atomic E-state index is 3.84. The van der Waals surface area contributed by atoms with Crippen LogP contribution in [-0.2, 0) is 0 Å². The maximum atomic E-state index is 3.84. The third-order valence-electron chi connectivity index (χ3n) is 8.19. The van der Waals surface area contributed by atoms with Crippen LogP contribution in [0.25, 0.3) is 21.5 Å². The van der Waals surface area contributed by atoms with Gasteiger partial charge in [-0.1, -0.05) is 124 Å². The van der Waals surface area contributed by atoms with Gasteiger partial charge >= 0.3 is 0 Å². The van der Waals surface area contributed by atoms with Crippen molar-refractivity contribution in [2.75, 3.05) is 0 Å². The maximum Gasteiger partial charge on any atom is 0.129 e. The molecule has 5 aromatic carbocycles. The van der Waals surface area contributed by atoms with Crippen LogP contribution >= 0.6 is 0 Å². The van der Waals surface area contributed by atoms with Crippen LogP contribution < -0.4 is 0 Å². The van der Waals surface area contributed by atoms with Crippen molar-refractivity contribution in [3.63, 3.8) is 0 Å². The number of hydrogen-bond donors (Lipinski definition) is 0. The molecule has 0 nitrogen and oxygen atoms in total. The van der Waals surface area contributed by atoms with Crippen molar-refractivity contribution in [2.45, 2.75) is 51.1 Å². The van der Waals surface area contributed by atoms with Gasteiger partial charge in [-0.05, 0) is 67.1 Å². The summed E-state index contributed by atoms with van der Waals surface area (Å²) < 4.78 is 0. The topological polar surface area (TPSA) is 0 Å². The first-order valence-corrected chi connectivity index (χ1v) is 21.4. The van der Waals surface area contributed by atoms with E-state index in [0.717, 1.165) is 0 Å². The molecule has 2 bridgehead atoms. The highest BCUT2D eigenvalue weighted by molar-refractivity contribution is 6.84. The minimum absolute atomic E-state index is 0.168. The Bertz CT molecular complexity index is 1800. The normalized spacial score (nSPS) is 16.9. The first-order chi connectivity index (χ1) is 19.1. The predicted molar refractivity (Wildman–Crippen MR) is 177 cm³/mol. The van der Waals surface area contributed by atoms with Crippen molar-refractivity contribution >= 4 is 37.7 Å². The van der Waals surface area contributed by atoms with Crippen LogP contribution in [0.5, 0.6) is 0 Å². The van der Waals surface area contributed by atoms with E-state index in [-0.39, 0.29) is 11.8 Å². The van der Waals surface area contributed by atoms with Crippen molar-refractivity contribution in [2.24, 2.45) is 0 Å². The van der Waals surface area contributed by atoms with Crippen LogP contribution in [0.3, 0.4) is 0 Å². The average molecular weight is 547 g/mol. The van der Waals surface area contributed by atoms with E-state index in [1.165, 1.54) is 66.1 Å². The van der Waals surface area contributed by atoms with Gasteiger partial charge in [-0.25, -0.2) is 0 Å². The van der Waals surface area contributed by atoms with E-state index in [1.54, 1.807) is 0 Å². The second-order valence-corrected chi connectivity index (χ2v) is 22.9. The Morgan fingerprint density at radius 3 is 1.12 bits per heavy atom. The molecule has 0 N–H and O–H groups in total. The van der Waals surface area contributed by atoms with Crippen molar-refractivity contribution in [1.82, 2.24) is 0 Å². The van der Waals surface area contributed by atoms with Crippen molar-refractivity contribution in [3.8, 4) is 22.9 Å². The first-order valence-electron chi connectivity index (χ1n) is 14.4. The monoisotopic (exact) mass is 546 g/mol. The molecule has 5 aromatic rings. The lowest BCUT2D eigenvalue weighted by atomic mass is 9.58. The van der Waals surface area contributed by atoms with E-state index in [2.05, 4.69) is 147 Å². The second kappa shape index (κ2) is 8.84. The smallest absolute Gasteiger partial charge is 0.127 e. The Morgan fingerprint density at radius 1 is 0.475 bits per heavy atom. The molecule has 0 fully saturated rings. The predicted octanol–water partition coefficient (Wildman–Crippen LogP) is 9.44. The summed E-state index contributed by atoms with van der Waals surface area (Å²) in [4.78, 5) is 0. The molecule has 3 aliphatic carbocycles. The molecule has 3 aliphatic rings. The van der Waals surface area contributed by atoms with Gasteiger partial charge in [0.15, 0.2) is 0 Å². The molecule has 40 heavy (non-hydrogen) atoms. The average Bonchev–Trinajstić information content (AvgIpc) is 2.92. The molecular weight excluding hydrogens is 513 g/mol. The molecular formula is C38H34Si2. The Balaban J connectivity index is 1.72. The summed E-state index contributed by atoms with van der Waals surface area (Å²) in [7, 11) is -3.26. The highest BCUT2D eigenvalue weighted by Crippen LogP contribution is 2.58. The van der Waals surface area contributed by atoms with Crippen LogP contribution in [0.4, 0.5) is 0 Å². The van der Waals surface area contributed by atoms with Crippen LogP contribution in [0.15, 0.2) is 84.9 Å². The number of hydrogen-bond acceptors (Lipinski definition) is 0. The minimum Gasteiger partial charge on any atom is -0.127 e. The van der Waals surface area contributed by atoms with E-state index in [9.17, 15) is 0 Å². The van der Waals surface area contributed by atoms with Gasteiger partial charge in [0.25, 0.3) is 0 Å². The second-order valence-electron chi connectivity index (χ2n) is 13.4. The van der Waals surface area contributed by atoms with Gasteiger partial charge in [0.1, 0.15) is 16.1 Å². The highest BCUT2D eigenvalue weighted by Gasteiger charge is 2.44. The molecule has 0 radical (unpaired) electrons. The lowest BCUT2D eigenvalue weighted by molar-refractivity contribution is 0.753. The minimum atomic E-state index is -1.63. The summed E-state index contributed by atoms with van der Waals surface area (Å²) in [6.07, 6.45) is 0. The van der Waals surface area contributed by atoms with Crippen LogP contribution in [0.2, 0.25) is 39.3 Å². The molecule has 0 aromatic heterocycles. The molecule has 0 aliphatic heterocycles. The fraction of sp³-hybridized carbons (Fsp3) is 0.211. The van der Waals surface area contributed by atoms with Crippen molar-refractivity contribution in [1.29, 1.82) is 0 Å². The molecule has 194 valence electrons. The van der Waals surface area contributed by atoms with E-state index in [0.29, 0.717) is 0 Å². The molecule has 0 unspecified atom stereocenters. The molecule has 0 amide bonds. The van der Waals surface area contributed by atoms with E-state index >= 15 is 0 Å². The fourth-order valence-corrected chi connectivity index (χ4v) is 7.61. The van der Waals surface area contributed by atoms with Crippen molar-refractivity contribution in [3.05, 3.63) is 129 Å². The van der Waals surface area contributed by atoms with Gasteiger partial charge in [-0.2, -0.15) is 0 Å². The summed E-state index contributed by atoms with van der Waals surface area (Å²) in [6, 6.07) is 31.7. The van der Waals surface area contributed by atoms with E-state index < -0.39 is 16.1 Å². The molecule has 0 spiro atoms. The third-order valence-corrected chi connectivity index (χ3v) is 9.94. The van der Waals surface area contributed by atoms with Gasteiger partial charge in [-0.15, -0.1) is 11.1 Å².